The van der Waals surface area contributed by atoms with Crippen LogP contribution in [-0.2, 0) is 9.59 Å². The van der Waals surface area contributed by atoms with Gasteiger partial charge in [0, 0.05) is 18.8 Å². The molecule has 1 aromatic heterocycles. The Morgan fingerprint density at radius 1 is 1.38 bits per heavy atom. The van der Waals surface area contributed by atoms with Crippen molar-refractivity contribution in [2.45, 2.75) is 18.9 Å². The molecule has 0 aromatic carbocycles. The number of hydrogen-bond donors (Lipinski definition) is 2. The molecular formula is C9H9ClN4O2. The number of hydrogen-bond acceptors (Lipinski definition) is 5. The molecule has 1 unspecified atom stereocenters. The van der Waals surface area contributed by atoms with E-state index in [1.54, 1.807) is 0 Å². The molecule has 0 spiro atoms. The van der Waals surface area contributed by atoms with E-state index in [0.29, 0.717) is 18.7 Å². The third-order valence-electron chi connectivity index (χ3n) is 2.20. The van der Waals surface area contributed by atoms with Crippen molar-refractivity contribution in [3.8, 4) is 0 Å². The predicted molar refractivity (Wildman–Crippen MR) is 56.8 cm³/mol. The number of nitrogens with zero attached hydrogens (tertiary/aromatic N) is 2. The second-order valence-corrected chi connectivity index (χ2v) is 3.70. The summed E-state index contributed by atoms with van der Waals surface area (Å²) in [4.78, 5) is 30.1. The molecule has 1 saturated heterocycles. The zero-order valence-corrected chi connectivity index (χ0v) is 8.99. The Bertz CT molecular complexity index is 437. The predicted octanol–water partition coefficient (Wildman–Crippen LogP) is 0.347. The second-order valence-electron chi connectivity index (χ2n) is 3.34. The molecule has 0 saturated carbocycles. The Morgan fingerprint density at radius 3 is 2.81 bits per heavy atom. The van der Waals surface area contributed by atoms with Gasteiger partial charge in [0.15, 0.2) is 11.0 Å². The molecule has 7 heteroatoms. The summed E-state index contributed by atoms with van der Waals surface area (Å²) in [6.07, 6.45) is 3.66. The van der Waals surface area contributed by atoms with E-state index in [4.69, 9.17) is 11.6 Å². The van der Waals surface area contributed by atoms with Gasteiger partial charge in [-0.3, -0.25) is 14.9 Å². The maximum atomic E-state index is 11.4. The number of rotatable bonds is 2. The number of halogens is 1. The average Bonchev–Trinajstić information content (AvgIpc) is 2.25. The quantitative estimate of drug-likeness (QED) is 0.729. The van der Waals surface area contributed by atoms with Gasteiger partial charge in [0.2, 0.25) is 11.8 Å². The molecule has 6 nitrogen and oxygen atoms in total. The molecule has 1 aromatic rings. The number of nitrogens with one attached hydrogen (secondary N) is 2. The lowest BCUT2D eigenvalue weighted by molar-refractivity contribution is -0.133. The van der Waals surface area contributed by atoms with Crippen LogP contribution in [0, 0.1) is 0 Å². The highest BCUT2D eigenvalue weighted by Crippen LogP contribution is 2.17. The van der Waals surface area contributed by atoms with Gasteiger partial charge in [-0.15, -0.1) is 0 Å². The monoisotopic (exact) mass is 240 g/mol. The van der Waals surface area contributed by atoms with Crippen LogP contribution in [0.3, 0.4) is 0 Å². The highest BCUT2D eigenvalue weighted by molar-refractivity contribution is 6.31. The summed E-state index contributed by atoms with van der Waals surface area (Å²) in [5.41, 5.74) is 0. The maximum Gasteiger partial charge on any atom is 0.249 e. The first-order valence-corrected chi connectivity index (χ1v) is 5.11. The van der Waals surface area contributed by atoms with Gasteiger partial charge in [-0.25, -0.2) is 9.97 Å². The number of amides is 2. The molecule has 16 heavy (non-hydrogen) atoms. The number of imide groups is 1. The Hall–Kier alpha value is -1.69. The van der Waals surface area contributed by atoms with E-state index in [-0.39, 0.29) is 17.0 Å². The fourth-order valence-corrected chi connectivity index (χ4v) is 1.57. The first-order chi connectivity index (χ1) is 7.66. The fraction of sp³-hybridized carbons (Fsp3) is 0.333. The van der Waals surface area contributed by atoms with Gasteiger partial charge in [0.1, 0.15) is 6.04 Å². The fourth-order valence-electron chi connectivity index (χ4n) is 1.41. The van der Waals surface area contributed by atoms with E-state index in [0.717, 1.165) is 0 Å². The lowest BCUT2D eigenvalue weighted by Gasteiger charge is -2.22. The van der Waals surface area contributed by atoms with Crippen LogP contribution in [-0.4, -0.2) is 27.8 Å². The van der Waals surface area contributed by atoms with E-state index >= 15 is 0 Å². The third-order valence-corrected chi connectivity index (χ3v) is 2.48. The molecule has 0 bridgehead atoms. The van der Waals surface area contributed by atoms with Crippen molar-refractivity contribution >= 4 is 29.2 Å². The normalized spacial score (nSPS) is 20.4. The Morgan fingerprint density at radius 2 is 2.12 bits per heavy atom. The van der Waals surface area contributed by atoms with Crippen LogP contribution in [0.4, 0.5) is 5.82 Å². The summed E-state index contributed by atoms with van der Waals surface area (Å²) in [6.45, 7) is 0. The van der Waals surface area contributed by atoms with Crippen molar-refractivity contribution in [1.29, 1.82) is 0 Å². The van der Waals surface area contributed by atoms with Gasteiger partial charge in [-0.1, -0.05) is 11.6 Å². The zero-order valence-electron chi connectivity index (χ0n) is 8.24. The largest absolute Gasteiger partial charge is 0.356 e. The number of carbonyl (C=O) groups is 2. The Balaban J connectivity index is 2.08. The van der Waals surface area contributed by atoms with Gasteiger partial charge in [-0.05, 0) is 6.42 Å². The smallest absolute Gasteiger partial charge is 0.249 e. The van der Waals surface area contributed by atoms with E-state index in [2.05, 4.69) is 20.6 Å². The average molecular weight is 241 g/mol. The molecule has 1 fully saturated rings. The van der Waals surface area contributed by atoms with Gasteiger partial charge < -0.3 is 5.32 Å². The van der Waals surface area contributed by atoms with Crippen LogP contribution in [0.5, 0.6) is 0 Å². The molecule has 2 heterocycles. The summed E-state index contributed by atoms with van der Waals surface area (Å²) in [5, 5.41) is 5.29. The van der Waals surface area contributed by atoms with E-state index in [9.17, 15) is 9.59 Å². The molecule has 2 amide bonds. The summed E-state index contributed by atoms with van der Waals surface area (Å²) >= 11 is 5.79. The molecule has 1 atom stereocenters. The van der Waals surface area contributed by atoms with Crippen molar-refractivity contribution in [2.24, 2.45) is 0 Å². The molecule has 2 rings (SSSR count). The third kappa shape index (κ3) is 2.27. The maximum absolute atomic E-state index is 11.4. The molecule has 1 aliphatic heterocycles. The minimum atomic E-state index is -0.494. The minimum absolute atomic E-state index is 0.201. The van der Waals surface area contributed by atoms with E-state index < -0.39 is 6.04 Å². The molecule has 84 valence electrons. The number of piperidine rings is 1. The van der Waals surface area contributed by atoms with Crippen molar-refractivity contribution in [1.82, 2.24) is 15.3 Å². The highest BCUT2D eigenvalue weighted by atomic mass is 35.5. The summed E-state index contributed by atoms with van der Waals surface area (Å²) in [7, 11) is 0. The van der Waals surface area contributed by atoms with Gasteiger partial charge in [-0.2, -0.15) is 0 Å². The molecule has 1 aliphatic rings. The lowest BCUT2D eigenvalue weighted by Crippen LogP contribution is -2.47. The summed E-state index contributed by atoms with van der Waals surface area (Å²) in [6, 6.07) is -0.494. The van der Waals surface area contributed by atoms with Crippen molar-refractivity contribution in [2.75, 3.05) is 5.32 Å². The Kier molecular flexibility index (Phi) is 3.00. The highest BCUT2D eigenvalue weighted by Gasteiger charge is 2.27. The molecule has 0 aliphatic carbocycles. The van der Waals surface area contributed by atoms with Crippen molar-refractivity contribution in [3.05, 3.63) is 17.5 Å². The van der Waals surface area contributed by atoms with Crippen LogP contribution in [0.1, 0.15) is 12.8 Å². The zero-order chi connectivity index (χ0) is 11.5. The van der Waals surface area contributed by atoms with Crippen LogP contribution in [0.2, 0.25) is 5.15 Å². The second kappa shape index (κ2) is 4.44. The van der Waals surface area contributed by atoms with Gasteiger partial charge >= 0.3 is 0 Å². The van der Waals surface area contributed by atoms with Crippen LogP contribution >= 0.6 is 11.6 Å². The number of anilines is 1. The molecular weight excluding hydrogens is 232 g/mol. The summed E-state index contributed by atoms with van der Waals surface area (Å²) < 4.78 is 0. The number of carbonyl (C=O) groups excluding carboxylic acids is 2. The standard InChI is InChI=1S/C9H9ClN4O2/c10-7-8(12-4-3-11-7)13-5-1-2-6(15)14-9(5)16/h3-5H,1-2H2,(H,12,13)(H,14,15,16). The first-order valence-electron chi connectivity index (χ1n) is 4.73. The van der Waals surface area contributed by atoms with Crippen molar-refractivity contribution in [3.63, 3.8) is 0 Å². The summed E-state index contributed by atoms with van der Waals surface area (Å²) in [5.74, 6) is -0.273. The lowest BCUT2D eigenvalue weighted by atomic mass is 10.1. The van der Waals surface area contributed by atoms with Crippen molar-refractivity contribution < 1.29 is 9.59 Å². The first kappa shape index (κ1) is 10.8. The topological polar surface area (TPSA) is 84.0 Å². The van der Waals surface area contributed by atoms with Crippen LogP contribution < -0.4 is 10.6 Å². The SMILES string of the molecule is O=C1CCC(Nc2nccnc2Cl)C(=O)N1. The van der Waals surface area contributed by atoms with Gasteiger partial charge in [0.25, 0.3) is 0 Å². The molecule has 0 radical (unpaired) electrons. The van der Waals surface area contributed by atoms with Crippen LogP contribution in [0.15, 0.2) is 12.4 Å². The van der Waals surface area contributed by atoms with E-state index in [1.807, 2.05) is 0 Å². The minimum Gasteiger partial charge on any atom is -0.356 e. The Labute approximate surface area is 96.4 Å². The number of aromatic nitrogens is 2. The van der Waals surface area contributed by atoms with Crippen LogP contribution in [0.25, 0.3) is 0 Å². The van der Waals surface area contributed by atoms with Gasteiger partial charge in [0.05, 0.1) is 0 Å². The van der Waals surface area contributed by atoms with E-state index in [1.165, 1.54) is 12.4 Å². The molecule has 2 N–H and O–H groups in total.